The predicted molar refractivity (Wildman–Crippen MR) is 55.0 cm³/mol. The van der Waals surface area contributed by atoms with Crippen LogP contribution < -0.4 is 0 Å². The Morgan fingerprint density at radius 3 is 2.47 bits per heavy atom. The quantitative estimate of drug-likeness (QED) is 0.515. The molecule has 0 unspecified atom stereocenters. The van der Waals surface area contributed by atoms with E-state index in [2.05, 4.69) is 4.74 Å². The molecule has 1 heterocycles. The van der Waals surface area contributed by atoms with Crippen molar-refractivity contribution >= 4 is 17.5 Å². The van der Waals surface area contributed by atoms with E-state index in [1.807, 2.05) is 32.0 Å². The van der Waals surface area contributed by atoms with Crippen molar-refractivity contribution in [1.82, 2.24) is 0 Å². The van der Waals surface area contributed by atoms with Crippen molar-refractivity contribution in [2.75, 3.05) is 0 Å². The number of ether oxygens (including phenoxy) is 1. The maximum absolute atomic E-state index is 11.3. The SMILES string of the molecule is Cc1cccc(C2=CC(=O)OC2=O)c1C. The molecule has 15 heavy (non-hydrogen) atoms. The summed E-state index contributed by atoms with van der Waals surface area (Å²) < 4.78 is 4.45. The fourth-order valence-electron chi connectivity index (χ4n) is 1.58. The van der Waals surface area contributed by atoms with Gasteiger partial charge in [-0.2, -0.15) is 0 Å². The van der Waals surface area contributed by atoms with E-state index in [1.54, 1.807) is 0 Å². The highest BCUT2D eigenvalue weighted by Crippen LogP contribution is 2.25. The van der Waals surface area contributed by atoms with Crippen molar-refractivity contribution in [3.05, 3.63) is 41.0 Å². The molecule has 0 bridgehead atoms. The van der Waals surface area contributed by atoms with E-state index in [1.165, 1.54) is 6.08 Å². The van der Waals surface area contributed by atoms with Gasteiger partial charge in [0, 0.05) is 6.08 Å². The largest absolute Gasteiger partial charge is 0.386 e. The number of esters is 2. The molecule has 0 aliphatic carbocycles. The molecular formula is C12H10O3. The van der Waals surface area contributed by atoms with Crippen LogP contribution in [0.2, 0.25) is 0 Å². The number of aryl methyl sites for hydroxylation is 1. The van der Waals surface area contributed by atoms with Crippen LogP contribution >= 0.6 is 0 Å². The number of carbonyl (C=O) groups is 2. The van der Waals surface area contributed by atoms with Gasteiger partial charge < -0.3 is 4.74 Å². The Kier molecular flexibility index (Phi) is 2.15. The summed E-state index contributed by atoms with van der Waals surface area (Å²) in [7, 11) is 0. The van der Waals surface area contributed by atoms with Gasteiger partial charge in [0.2, 0.25) is 0 Å². The number of rotatable bonds is 1. The first-order valence-corrected chi connectivity index (χ1v) is 4.64. The zero-order valence-corrected chi connectivity index (χ0v) is 8.53. The molecule has 0 N–H and O–H groups in total. The lowest BCUT2D eigenvalue weighted by Crippen LogP contribution is -2.02. The summed E-state index contributed by atoms with van der Waals surface area (Å²) in [5.41, 5.74) is 3.20. The van der Waals surface area contributed by atoms with Crippen LogP contribution in [0.3, 0.4) is 0 Å². The molecule has 0 fully saturated rings. The smallest absolute Gasteiger partial charge is 0.346 e. The Morgan fingerprint density at radius 2 is 1.87 bits per heavy atom. The Morgan fingerprint density at radius 1 is 1.13 bits per heavy atom. The van der Waals surface area contributed by atoms with Gasteiger partial charge in [0.1, 0.15) is 0 Å². The van der Waals surface area contributed by atoms with Gasteiger partial charge in [0.15, 0.2) is 0 Å². The molecule has 3 nitrogen and oxygen atoms in total. The van der Waals surface area contributed by atoms with Crippen molar-refractivity contribution in [2.45, 2.75) is 13.8 Å². The van der Waals surface area contributed by atoms with Crippen molar-refractivity contribution in [3.8, 4) is 0 Å². The van der Waals surface area contributed by atoms with Gasteiger partial charge in [-0.1, -0.05) is 18.2 Å². The molecule has 0 radical (unpaired) electrons. The molecule has 2 rings (SSSR count). The van der Waals surface area contributed by atoms with Gasteiger partial charge in [0.25, 0.3) is 0 Å². The Balaban J connectivity index is 2.56. The van der Waals surface area contributed by atoms with Gasteiger partial charge in [-0.25, -0.2) is 9.59 Å². The van der Waals surface area contributed by atoms with E-state index in [9.17, 15) is 9.59 Å². The van der Waals surface area contributed by atoms with Crippen LogP contribution in [0.5, 0.6) is 0 Å². The minimum Gasteiger partial charge on any atom is -0.386 e. The minimum atomic E-state index is -0.587. The average molecular weight is 202 g/mol. The standard InChI is InChI=1S/C12H10O3/c1-7-4-3-5-9(8(7)2)10-6-11(13)15-12(10)14/h3-6H,1-2H3. The average Bonchev–Trinajstić information content (AvgIpc) is 2.50. The fourth-order valence-corrected chi connectivity index (χ4v) is 1.58. The number of hydrogen-bond acceptors (Lipinski definition) is 3. The second kappa shape index (κ2) is 3.35. The lowest BCUT2D eigenvalue weighted by Gasteiger charge is -2.06. The van der Waals surface area contributed by atoms with Crippen LogP contribution in [0, 0.1) is 13.8 Å². The Labute approximate surface area is 87.4 Å². The van der Waals surface area contributed by atoms with Gasteiger partial charge in [-0.15, -0.1) is 0 Å². The molecule has 0 spiro atoms. The first-order chi connectivity index (χ1) is 7.09. The van der Waals surface area contributed by atoms with Crippen LogP contribution in [-0.2, 0) is 14.3 Å². The van der Waals surface area contributed by atoms with Crippen LogP contribution in [0.25, 0.3) is 5.57 Å². The zero-order chi connectivity index (χ0) is 11.0. The minimum absolute atomic E-state index is 0.348. The summed E-state index contributed by atoms with van der Waals surface area (Å²) >= 11 is 0. The number of carbonyl (C=O) groups excluding carboxylic acids is 2. The monoisotopic (exact) mass is 202 g/mol. The number of benzene rings is 1. The summed E-state index contributed by atoms with van der Waals surface area (Å²) in [6, 6.07) is 5.63. The fraction of sp³-hybridized carbons (Fsp3) is 0.167. The molecule has 0 saturated heterocycles. The van der Waals surface area contributed by atoms with E-state index in [4.69, 9.17) is 0 Å². The lowest BCUT2D eigenvalue weighted by molar-refractivity contribution is -0.149. The molecule has 0 atom stereocenters. The zero-order valence-electron chi connectivity index (χ0n) is 8.53. The van der Waals surface area contributed by atoms with Gasteiger partial charge in [0.05, 0.1) is 5.57 Å². The predicted octanol–water partition coefficient (Wildman–Crippen LogP) is 1.77. The summed E-state index contributed by atoms with van der Waals surface area (Å²) in [4.78, 5) is 22.3. The first-order valence-electron chi connectivity index (χ1n) is 4.64. The third-order valence-corrected chi connectivity index (χ3v) is 2.57. The van der Waals surface area contributed by atoms with Gasteiger partial charge >= 0.3 is 11.9 Å². The molecule has 0 aromatic heterocycles. The van der Waals surface area contributed by atoms with E-state index in [0.717, 1.165) is 16.7 Å². The van der Waals surface area contributed by atoms with E-state index in [-0.39, 0.29) is 0 Å². The van der Waals surface area contributed by atoms with Crippen LogP contribution in [0.1, 0.15) is 16.7 Å². The highest BCUT2D eigenvalue weighted by molar-refractivity contribution is 6.28. The molecular weight excluding hydrogens is 192 g/mol. The molecule has 76 valence electrons. The second-order valence-corrected chi connectivity index (χ2v) is 3.51. The summed E-state index contributed by atoms with van der Waals surface area (Å²) in [5, 5.41) is 0. The van der Waals surface area contributed by atoms with Crippen molar-refractivity contribution < 1.29 is 14.3 Å². The third kappa shape index (κ3) is 1.56. The molecule has 1 aliphatic heterocycles. The van der Waals surface area contributed by atoms with Crippen molar-refractivity contribution in [3.63, 3.8) is 0 Å². The highest BCUT2D eigenvalue weighted by Gasteiger charge is 2.25. The summed E-state index contributed by atoms with van der Waals surface area (Å²) in [6.07, 6.45) is 1.24. The Bertz CT molecular complexity index is 484. The molecule has 0 saturated carbocycles. The second-order valence-electron chi connectivity index (χ2n) is 3.51. The Hall–Kier alpha value is -1.90. The number of cyclic esters (lactones) is 2. The summed E-state index contributed by atoms with van der Waals surface area (Å²) in [6.45, 7) is 3.88. The highest BCUT2D eigenvalue weighted by atomic mass is 16.6. The van der Waals surface area contributed by atoms with Crippen molar-refractivity contribution in [1.29, 1.82) is 0 Å². The molecule has 1 aromatic carbocycles. The van der Waals surface area contributed by atoms with Gasteiger partial charge in [-0.3, -0.25) is 0 Å². The first kappa shape index (κ1) is 9.65. The van der Waals surface area contributed by atoms with Crippen LogP contribution in [0.15, 0.2) is 24.3 Å². The topological polar surface area (TPSA) is 43.4 Å². The molecule has 1 aromatic rings. The number of hydrogen-bond donors (Lipinski definition) is 0. The van der Waals surface area contributed by atoms with Crippen LogP contribution in [0.4, 0.5) is 0 Å². The normalized spacial score (nSPS) is 15.2. The molecule has 0 amide bonds. The lowest BCUT2D eigenvalue weighted by atomic mass is 9.97. The van der Waals surface area contributed by atoms with E-state index in [0.29, 0.717) is 5.57 Å². The maximum Gasteiger partial charge on any atom is 0.346 e. The van der Waals surface area contributed by atoms with Crippen molar-refractivity contribution in [2.24, 2.45) is 0 Å². The van der Waals surface area contributed by atoms with Crippen LogP contribution in [-0.4, -0.2) is 11.9 Å². The summed E-state index contributed by atoms with van der Waals surface area (Å²) in [5.74, 6) is -1.15. The molecule has 1 aliphatic rings. The maximum atomic E-state index is 11.3. The van der Waals surface area contributed by atoms with E-state index < -0.39 is 11.9 Å². The van der Waals surface area contributed by atoms with E-state index >= 15 is 0 Å². The third-order valence-electron chi connectivity index (χ3n) is 2.57. The molecule has 3 heteroatoms. The van der Waals surface area contributed by atoms with Gasteiger partial charge in [-0.05, 0) is 30.5 Å².